The molecule has 1 heterocycles. The molecular formula is C16H23N5O2. The minimum absolute atomic E-state index is 0.225. The van der Waals surface area contributed by atoms with E-state index in [9.17, 15) is 0 Å². The Morgan fingerprint density at radius 2 is 1.91 bits per heavy atom. The van der Waals surface area contributed by atoms with Gasteiger partial charge in [0.05, 0.1) is 19.0 Å². The second-order valence-corrected chi connectivity index (χ2v) is 5.36. The van der Waals surface area contributed by atoms with E-state index in [-0.39, 0.29) is 11.7 Å². The minimum atomic E-state index is 0.225. The van der Waals surface area contributed by atoms with E-state index in [1.54, 1.807) is 19.4 Å². The Bertz CT molecular complexity index is 688. The molecule has 0 radical (unpaired) electrons. The van der Waals surface area contributed by atoms with Crippen molar-refractivity contribution in [1.29, 1.82) is 0 Å². The Hall–Kier alpha value is -2.70. The molecule has 0 saturated heterocycles. The van der Waals surface area contributed by atoms with E-state index < -0.39 is 0 Å². The summed E-state index contributed by atoms with van der Waals surface area (Å²) in [5, 5.41) is 3.00. The average Bonchev–Trinajstić information content (AvgIpc) is 2.50. The number of nitrogen functional groups attached to an aromatic ring is 2. The molecule has 23 heavy (non-hydrogen) atoms. The highest BCUT2D eigenvalue weighted by molar-refractivity contribution is 5.61. The van der Waals surface area contributed by atoms with Gasteiger partial charge in [-0.2, -0.15) is 4.98 Å². The zero-order valence-electron chi connectivity index (χ0n) is 13.9. The fourth-order valence-corrected chi connectivity index (χ4v) is 2.13. The van der Waals surface area contributed by atoms with Crippen molar-refractivity contribution in [2.24, 2.45) is 0 Å². The van der Waals surface area contributed by atoms with Crippen LogP contribution in [0.25, 0.3) is 0 Å². The maximum atomic E-state index is 5.98. The largest absolute Gasteiger partial charge is 0.495 e. The lowest BCUT2D eigenvalue weighted by Crippen LogP contribution is -2.06. The van der Waals surface area contributed by atoms with E-state index in [1.807, 2.05) is 13.0 Å². The van der Waals surface area contributed by atoms with E-state index in [0.29, 0.717) is 35.4 Å². The number of rotatable bonds is 6. The van der Waals surface area contributed by atoms with Gasteiger partial charge < -0.3 is 26.3 Å². The van der Waals surface area contributed by atoms with Crippen molar-refractivity contribution >= 4 is 17.5 Å². The summed E-state index contributed by atoms with van der Waals surface area (Å²) in [6.45, 7) is 6.79. The third kappa shape index (κ3) is 3.74. The Kier molecular flexibility index (Phi) is 5.10. The minimum Gasteiger partial charge on any atom is -0.495 e. The van der Waals surface area contributed by atoms with E-state index in [1.165, 1.54) is 0 Å². The van der Waals surface area contributed by atoms with Crippen LogP contribution in [0, 0.1) is 0 Å². The smallest absolute Gasteiger partial charge is 0.224 e. The summed E-state index contributed by atoms with van der Waals surface area (Å²) in [5.41, 5.74) is 13.4. The highest BCUT2D eigenvalue weighted by atomic mass is 16.5. The quantitative estimate of drug-likeness (QED) is 0.703. The molecule has 7 heteroatoms. The molecule has 0 unspecified atom stereocenters. The van der Waals surface area contributed by atoms with Gasteiger partial charge in [0.25, 0.3) is 0 Å². The van der Waals surface area contributed by atoms with Gasteiger partial charge in [0.15, 0.2) is 11.6 Å². The molecule has 124 valence electrons. The van der Waals surface area contributed by atoms with Crippen LogP contribution in [0.15, 0.2) is 18.3 Å². The number of nitrogens with two attached hydrogens (primary N) is 2. The molecule has 2 aromatic rings. The van der Waals surface area contributed by atoms with E-state index >= 15 is 0 Å². The van der Waals surface area contributed by atoms with Gasteiger partial charge in [-0.25, -0.2) is 4.98 Å². The van der Waals surface area contributed by atoms with Crippen LogP contribution in [0.4, 0.5) is 17.5 Å². The number of nitrogens with zero attached hydrogens (tertiary/aromatic N) is 2. The van der Waals surface area contributed by atoms with Crippen LogP contribution < -0.4 is 26.3 Å². The van der Waals surface area contributed by atoms with Crippen LogP contribution in [0.2, 0.25) is 0 Å². The summed E-state index contributed by atoms with van der Waals surface area (Å²) in [6, 6.07) is 3.60. The van der Waals surface area contributed by atoms with E-state index in [0.717, 1.165) is 5.56 Å². The van der Waals surface area contributed by atoms with Crippen LogP contribution in [0.1, 0.15) is 32.3 Å². The number of benzene rings is 1. The number of hydrogen-bond acceptors (Lipinski definition) is 7. The Labute approximate surface area is 136 Å². The van der Waals surface area contributed by atoms with Crippen LogP contribution in [0.3, 0.4) is 0 Å². The molecule has 5 N–H and O–H groups in total. The predicted octanol–water partition coefficient (Wildman–Crippen LogP) is 3.00. The molecule has 0 spiro atoms. The monoisotopic (exact) mass is 317 g/mol. The fraction of sp³-hybridized carbons (Fsp3) is 0.375. The number of ether oxygens (including phenoxy) is 2. The summed E-state index contributed by atoms with van der Waals surface area (Å²) >= 11 is 0. The third-order valence-corrected chi connectivity index (χ3v) is 3.32. The molecule has 0 atom stereocenters. The number of aromatic nitrogens is 2. The summed E-state index contributed by atoms with van der Waals surface area (Å²) in [7, 11) is 1.58. The zero-order chi connectivity index (χ0) is 17.0. The number of anilines is 3. The van der Waals surface area contributed by atoms with Gasteiger partial charge in [0.1, 0.15) is 11.5 Å². The molecule has 0 amide bonds. The molecule has 0 aliphatic carbocycles. The lowest BCUT2D eigenvalue weighted by molar-refractivity contribution is 0.413. The lowest BCUT2D eigenvalue weighted by atomic mass is 10.0. The van der Waals surface area contributed by atoms with Crippen molar-refractivity contribution in [2.75, 3.05) is 30.4 Å². The molecule has 2 rings (SSSR count). The van der Waals surface area contributed by atoms with Crippen molar-refractivity contribution in [3.05, 3.63) is 23.9 Å². The van der Waals surface area contributed by atoms with Crippen LogP contribution >= 0.6 is 0 Å². The maximum absolute atomic E-state index is 5.98. The standard InChI is InChI=1S/C16H23N5O2/c1-5-19-16-20-8-14(15(18)21-16)23-12-7-11(17)13(22-4)6-10(12)9(2)3/h6-9H,5,17H2,1-4H3,(H3,18,19,20,21). The van der Waals surface area contributed by atoms with Crippen molar-refractivity contribution in [1.82, 2.24) is 9.97 Å². The predicted molar refractivity (Wildman–Crippen MR) is 92.2 cm³/mol. The van der Waals surface area contributed by atoms with Gasteiger partial charge in [0, 0.05) is 18.2 Å². The Balaban J connectivity index is 2.37. The molecule has 0 fully saturated rings. The topological polar surface area (TPSA) is 108 Å². The first-order valence-corrected chi connectivity index (χ1v) is 7.47. The van der Waals surface area contributed by atoms with Gasteiger partial charge in [-0.15, -0.1) is 0 Å². The Morgan fingerprint density at radius 3 is 2.48 bits per heavy atom. The SMILES string of the molecule is CCNc1ncc(Oc2cc(N)c(OC)cc2C(C)C)c(N)n1. The first-order chi connectivity index (χ1) is 11.0. The molecular weight excluding hydrogens is 294 g/mol. The molecule has 1 aromatic heterocycles. The second-order valence-electron chi connectivity index (χ2n) is 5.36. The van der Waals surface area contributed by atoms with Gasteiger partial charge in [-0.3, -0.25) is 0 Å². The Morgan fingerprint density at radius 1 is 1.17 bits per heavy atom. The van der Waals surface area contributed by atoms with Crippen LogP contribution in [0.5, 0.6) is 17.2 Å². The summed E-state index contributed by atoms with van der Waals surface area (Å²) < 4.78 is 11.2. The van der Waals surface area contributed by atoms with Crippen molar-refractivity contribution in [2.45, 2.75) is 26.7 Å². The van der Waals surface area contributed by atoms with Gasteiger partial charge in [-0.1, -0.05) is 13.8 Å². The highest BCUT2D eigenvalue weighted by Crippen LogP contribution is 2.38. The summed E-state index contributed by atoms with van der Waals surface area (Å²) in [6.07, 6.45) is 1.55. The lowest BCUT2D eigenvalue weighted by Gasteiger charge is -2.17. The first-order valence-electron chi connectivity index (χ1n) is 7.47. The zero-order valence-corrected chi connectivity index (χ0v) is 13.9. The van der Waals surface area contributed by atoms with Gasteiger partial charge >= 0.3 is 0 Å². The molecule has 0 bridgehead atoms. The molecule has 0 aliphatic heterocycles. The summed E-state index contributed by atoms with van der Waals surface area (Å²) in [4.78, 5) is 8.34. The molecule has 1 aromatic carbocycles. The van der Waals surface area contributed by atoms with Crippen LogP contribution in [-0.2, 0) is 0 Å². The van der Waals surface area contributed by atoms with E-state index in [4.69, 9.17) is 20.9 Å². The van der Waals surface area contributed by atoms with E-state index in [2.05, 4.69) is 29.1 Å². The van der Waals surface area contributed by atoms with Crippen LogP contribution in [-0.4, -0.2) is 23.6 Å². The molecule has 0 aliphatic rings. The average molecular weight is 317 g/mol. The second kappa shape index (κ2) is 7.04. The highest BCUT2D eigenvalue weighted by Gasteiger charge is 2.15. The molecule has 7 nitrogen and oxygen atoms in total. The first kappa shape index (κ1) is 16.7. The summed E-state index contributed by atoms with van der Waals surface area (Å²) in [5.74, 6) is 2.58. The number of methoxy groups -OCH3 is 1. The van der Waals surface area contributed by atoms with Gasteiger partial charge in [0.2, 0.25) is 5.95 Å². The number of hydrogen-bond donors (Lipinski definition) is 3. The normalized spacial score (nSPS) is 10.7. The van der Waals surface area contributed by atoms with Crippen molar-refractivity contribution in [3.63, 3.8) is 0 Å². The van der Waals surface area contributed by atoms with Crippen molar-refractivity contribution < 1.29 is 9.47 Å². The third-order valence-electron chi connectivity index (χ3n) is 3.32. The van der Waals surface area contributed by atoms with Crippen molar-refractivity contribution in [3.8, 4) is 17.2 Å². The number of nitrogens with one attached hydrogen (secondary N) is 1. The maximum Gasteiger partial charge on any atom is 0.224 e. The molecule has 0 saturated carbocycles. The fourth-order valence-electron chi connectivity index (χ4n) is 2.13. The van der Waals surface area contributed by atoms with Gasteiger partial charge in [-0.05, 0) is 18.9 Å².